The Labute approximate surface area is 145 Å². The number of urea groups is 1. The number of thioether (sulfide) groups is 1. The van der Waals surface area contributed by atoms with Crippen molar-refractivity contribution in [3.8, 4) is 0 Å². The molecule has 2 aromatic rings. The van der Waals surface area contributed by atoms with E-state index < -0.39 is 0 Å². The fourth-order valence-corrected chi connectivity index (χ4v) is 4.20. The molecule has 0 unspecified atom stereocenters. The maximum atomic E-state index is 12.8. The number of nitrogens with one attached hydrogen (secondary N) is 1. The lowest BCUT2D eigenvalue weighted by Gasteiger charge is -2.31. The summed E-state index contributed by atoms with van der Waals surface area (Å²) < 4.78 is 0. The molecule has 23 heavy (non-hydrogen) atoms. The summed E-state index contributed by atoms with van der Waals surface area (Å²) in [5.41, 5.74) is 1.90. The molecule has 5 heteroatoms. The maximum absolute atomic E-state index is 12.8. The van der Waals surface area contributed by atoms with Gasteiger partial charge in [-0.2, -0.15) is 11.8 Å². The third kappa shape index (κ3) is 3.67. The van der Waals surface area contributed by atoms with E-state index >= 15 is 0 Å². The third-order valence-corrected chi connectivity index (χ3v) is 5.70. The van der Waals surface area contributed by atoms with E-state index in [0.717, 1.165) is 26.9 Å². The molecule has 0 saturated carbocycles. The summed E-state index contributed by atoms with van der Waals surface area (Å²) in [6, 6.07) is 16.0. The number of hydrogen-bond donors (Lipinski definition) is 1. The van der Waals surface area contributed by atoms with Crippen LogP contribution in [0.4, 0.5) is 16.2 Å². The number of nitrogens with zero attached hydrogens (tertiary/aromatic N) is 1. The topological polar surface area (TPSA) is 32.3 Å². The normalized spacial score (nSPS) is 12.7. The Morgan fingerprint density at radius 2 is 1.65 bits per heavy atom. The number of carbonyl (C=O) groups is 1. The van der Waals surface area contributed by atoms with Crippen LogP contribution in [-0.4, -0.2) is 23.6 Å². The second-order valence-corrected chi connectivity index (χ2v) is 8.29. The average molecular weight is 345 g/mol. The van der Waals surface area contributed by atoms with Gasteiger partial charge in [-0.25, -0.2) is 4.79 Å². The lowest BCUT2D eigenvalue weighted by Crippen LogP contribution is -2.39. The minimum Gasteiger partial charge on any atom is -0.337 e. The number of rotatable bonds is 4. The first-order chi connectivity index (χ1) is 11.2. The molecule has 2 aromatic carbocycles. The fourth-order valence-electron chi connectivity index (χ4n) is 2.46. The largest absolute Gasteiger partial charge is 0.337 e. The third-order valence-electron chi connectivity index (χ3n) is 3.46. The molecule has 1 heterocycles. The van der Waals surface area contributed by atoms with Crippen LogP contribution in [-0.2, 0) is 0 Å². The van der Waals surface area contributed by atoms with Crippen LogP contribution in [0.2, 0.25) is 0 Å². The van der Waals surface area contributed by atoms with Crippen molar-refractivity contribution in [2.24, 2.45) is 0 Å². The number of hydrogen-bond acceptors (Lipinski definition) is 3. The van der Waals surface area contributed by atoms with Crippen molar-refractivity contribution in [3.63, 3.8) is 0 Å². The number of fused-ring (bicyclic) bond motifs is 2. The molecular weight excluding hydrogens is 324 g/mol. The van der Waals surface area contributed by atoms with Crippen molar-refractivity contribution in [3.05, 3.63) is 48.5 Å². The summed E-state index contributed by atoms with van der Waals surface area (Å²) >= 11 is 3.56. The van der Waals surface area contributed by atoms with Crippen LogP contribution in [0.5, 0.6) is 0 Å². The highest BCUT2D eigenvalue weighted by molar-refractivity contribution is 8.00. The summed E-state index contributed by atoms with van der Waals surface area (Å²) in [5, 5.41) is 3.63. The Balaban J connectivity index is 1.82. The predicted molar refractivity (Wildman–Crippen MR) is 100 cm³/mol. The fraction of sp³-hybridized carbons (Fsp3) is 0.278. The van der Waals surface area contributed by atoms with Gasteiger partial charge in [0.15, 0.2) is 0 Å². The van der Waals surface area contributed by atoms with Gasteiger partial charge in [0, 0.05) is 22.1 Å². The van der Waals surface area contributed by atoms with E-state index in [0.29, 0.717) is 11.8 Å². The van der Waals surface area contributed by atoms with Gasteiger partial charge in [-0.05, 0) is 29.5 Å². The van der Waals surface area contributed by atoms with Crippen LogP contribution in [0.25, 0.3) is 0 Å². The summed E-state index contributed by atoms with van der Waals surface area (Å²) in [4.78, 5) is 16.8. The Bertz CT molecular complexity index is 657. The summed E-state index contributed by atoms with van der Waals surface area (Å²) in [6.45, 7) is 5.01. The van der Waals surface area contributed by atoms with Gasteiger partial charge in [0.1, 0.15) is 0 Å². The van der Waals surface area contributed by atoms with Gasteiger partial charge < -0.3 is 5.32 Å². The SMILES string of the molecule is CC(C)SCCNC(=O)N1c2ccccc2Sc2ccccc21. The van der Waals surface area contributed by atoms with E-state index in [1.807, 2.05) is 48.2 Å². The van der Waals surface area contributed by atoms with Gasteiger partial charge >= 0.3 is 6.03 Å². The standard InChI is InChI=1S/C18H20N2OS2/c1-13(2)22-12-11-19-18(21)20-14-7-3-5-9-16(14)23-17-10-6-4-8-15(17)20/h3-10,13H,11-12H2,1-2H3,(H,19,21). The molecule has 0 aromatic heterocycles. The molecule has 0 spiro atoms. The Kier molecular flexibility index (Phi) is 5.18. The molecule has 0 saturated heterocycles. The lowest BCUT2D eigenvalue weighted by molar-refractivity contribution is 0.249. The zero-order valence-corrected chi connectivity index (χ0v) is 14.9. The molecule has 0 radical (unpaired) electrons. The minimum absolute atomic E-state index is 0.0606. The Morgan fingerprint density at radius 1 is 1.09 bits per heavy atom. The van der Waals surface area contributed by atoms with Gasteiger partial charge in [-0.3, -0.25) is 4.90 Å². The van der Waals surface area contributed by atoms with E-state index in [1.165, 1.54) is 0 Å². The summed E-state index contributed by atoms with van der Waals surface area (Å²) in [7, 11) is 0. The van der Waals surface area contributed by atoms with Gasteiger partial charge in [0.25, 0.3) is 0 Å². The van der Waals surface area contributed by atoms with Crippen LogP contribution in [0.1, 0.15) is 13.8 Å². The monoisotopic (exact) mass is 344 g/mol. The van der Waals surface area contributed by atoms with Crippen molar-refractivity contribution >= 4 is 40.9 Å². The van der Waals surface area contributed by atoms with Crippen LogP contribution >= 0.6 is 23.5 Å². The first-order valence-electron chi connectivity index (χ1n) is 7.72. The molecule has 1 N–H and O–H groups in total. The quantitative estimate of drug-likeness (QED) is 0.779. The number of benzene rings is 2. The molecule has 1 aliphatic rings. The predicted octanol–water partition coefficient (Wildman–Crippen LogP) is 5.14. The highest BCUT2D eigenvalue weighted by atomic mass is 32.2. The van der Waals surface area contributed by atoms with Gasteiger partial charge in [0.2, 0.25) is 0 Å². The van der Waals surface area contributed by atoms with E-state index in [1.54, 1.807) is 16.7 Å². The van der Waals surface area contributed by atoms with Gasteiger partial charge in [-0.1, -0.05) is 49.9 Å². The van der Waals surface area contributed by atoms with E-state index in [9.17, 15) is 4.79 Å². The van der Waals surface area contributed by atoms with Crippen molar-refractivity contribution in [1.29, 1.82) is 0 Å². The maximum Gasteiger partial charge on any atom is 0.326 e. The zero-order chi connectivity index (χ0) is 16.2. The smallest absolute Gasteiger partial charge is 0.326 e. The highest BCUT2D eigenvalue weighted by Crippen LogP contribution is 2.47. The van der Waals surface area contributed by atoms with Crippen molar-refractivity contribution in [2.75, 3.05) is 17.2 Å². The van der Waals surface area contributed by atoms with Crippen molar-refractivity contribution in [2.45, 2.75) is 28.9 Å². The Hall–Kier alpha value is -1.59. The molecule has 0 aliphatic carbocycles. The first kappa shape index (κ1) is 16.3. The highest BCUT2D eigenvalue weighted by Gasteiger charge is 2.27. The second-order valence-electron chi connectivity index (χ2n) is 5.52. The molecule has 3 rings (SSSR count). The molecule has 1 aliphatic heterocycles. The van der Waals surface area contributed by atoms with E-state index in [-0.39, 0.29) is 6.03 Å². The Morgan fingerprint density at radius 3 is 2.22 bits per heavy atom. The number of carbonyl (C=O) groups excluding carboxylic acids is 1. The van der Waals surface area contributed by atoms with Gasteiger partial charge in [0.05, 0.1) is 11.4 Å². The van der Waals surface area contributed by atoms with Crippen LogP contribution in [0, 0.1) is 0 Å². The van der Waals surface area contributed by atoms with Crippen LogP contribution in [0.15, 0.2) is 58.3 Å². The summed E-state index contributed by atoms with van der Waals surface area (Å²) in [5.74, 6) is 0.926. The molecule has 0 fully saturated rings. The zero-order valence-electron chi connectivity index (χ0n) is 13.3. The van der Waals surface area contributed by atoms with Crippen molar-refractivity contribution < 1.29 is 4.79 Å². The molecule has 2 amide bonds. The molecule has 0 bridgehead atoms. The molecule has 0 atom stereocenters. The average Bonchev–Trinajstić information content (AvgIpc) is 2.56. The lowest BCUT2D eigenvalue weighted by atomic mass is 10.2. The molecule has 120 valence electrons. The minimum atomic E-state index is -0.0606. The van der Waals surface area contributed by atoms with Gasteiger partial charge in [-0.15, -0.1) is 0 Å². The number of para-hydroxylation sites is 2. The number of amides is 2. The second kappa shape index (κ2) is 7.32. The molecule has 3 nitrogen and oxygen atoms in total. The van der Waals surface area contributed by atoms with Crippen LogP contribution in [0.3, 0.4) is 0 Å². The number of anilines is 2. The van der Waals surface area contributed by atoms with E-state index in [4.69, 9.17) is 0 Å². The van der Waals surface area contributed by atoms with Crippen molar-refractivity contribution in [1.82, 2.24) is 5.32 Å². The summed E-state index contributed by atoms with van der Waals surface area (Å²) in [6.07, 6.45) is 0. The molecular formula is C18H20N2OS2. The first-order valence-corrected chi connectivity index (χ1v) is 9.59. The van der Waals surface area contributed by atoms with E-state index in [2.05, 4.69) is 31.3 Å². The van der Waals surface area contributed by atoms with Crippen LogP contribution < -0.4 is 10.2 Å².